The van der Waals surface area contributed by atoms with Crippen LogP contribution in [-0.4, -0.2) is 5.91 Å². The third-order valence-corrected chi connectivity index (χ3v) is 3.50. The van der Waals surface area contributed by atoms with Gasteiger partial charge in [0.05, 0.1) is 0 Å². The standard InChI is InChI=1S/C19H23NO/c1-15(2)11-12-16-9-6-10-18(13-16)19(21)20-14-17-7-4-3-5-8-17/h3-10,13,15H,11-12,14H2,1-2H3,(H,20,21). The van der Waals surface area contributed by atoms with Crippen LogP contribution in [-0.2, 0) is 13.0 Å². The molecule has 0 heterocycles. The Kier molecular flexibility index (Phi) is 5.56. The maximum Gasteiger partial charge on any atom is 0.251 e. The molecule has 2 aromatic carbocycles. The van der Waals surface area contributed by atoms with Gasteiger partial charge >= 0.3 is 0 Å². The Labute approximate surface area is 127 Å². The number of hydrogen-bond acceptors (Lipinski definition) is 1. The Morgan fingerprint density at radius 3 is 2.43 bits per heavy atom. The molecule has 2 aromatic rings. The van der Waals surface area contributed by atoms with Gasteiger partial charge in [-0.25, -0.2) is 0 Å². The zero-order valence-electron chi connectivity index (χ0n) is 12.8. The van der Waals surface area contributed by atoms with Gasteiger partial charge in [0, 0.05) is 12.1 Å². The number of hydrogen-bond donors (Lipinski definition) is 1. The maximum absolute atomic E-state index is 12.2. The Morgan fingerprint density at radius 2 is 1.71 bits per heavy atom. The Balaban J connectivity index is 1.94. The zero-order valence-corrected chi connectivity index (χ0v) is 12.8. The molecule has 0 atom stereocenters. The molecule has 0 aromatic heterocycles. The van der Waals surface area contributed by atoms with E-state index in [0.29, 0.717) is 12.5 Å². The summed E-state index contributed by atoms with van der Waals surface area (Å²) in [5, 5.41) is 2.97. The number of carbonyl (C=O) groups is 1. The number of rotatable bonds is 6. The summed E-state index contributed by atoms with van der Waals surface area (Å²) in [6, 6.07) is 17.9. The minimum absolute atomic E-state index is 0.00903. The highest BCUT2D eigenvalue weighted by molar-refractivity contribution is 5.94. The van der Waals surface area contributed by atoms with Gasteiger partial charge in [-0.2, -0.15) is 0 Å². The number of amides is 1. The summed E-state index contributed by atoms with van der Waals surface area (Å²) in [4.78, 5) is 12.2. The van der Waals surface area contributed by atoms with Crippen LogP contribution in [0.15, 0.2) is 54.6 Å². The Bertz CT molecular complexity index is 575. The fourth-order valence-electron chi connectivity index (χ4n) is 2.20. The number of nitrogens with one attached hydrogen (secondary N) is 1. The van der Waals surface area contributed by atoms with E-state index in [1.165, 1.54) is 5.56 Å². The molecule has 0 fully saturated rings. The molecule has 0 saturated heterocycles. The smallest absolute Gasteiger partial charge is 0.251 e. The van der Waals surface area contributed by atoms with Gasteiger partial charge in [-0.15, -0.1) is 0 Å². The quantitative estimate of drug-likeness (QED) is 0.844. The summed E-state index contributed by atoms with van der Waals surface area (Å²) >= 11 is 0. The molecular formula is C19H23NO. The summed E-state index contributed by atoms with van der Waals surface area (Å²) in [5.41, 5.74) is 3.09. The molecule has 1 N–H and O–H groups in total. The molecule has 0 aliphatic carbocycles. The molecule has 0 unspecified atom stereocenters. The molecule has 0 bridgehead atoms. The van der Waals surface area contributed by atoms with Crippen molar-refractivity contribution in [3.8, 4) is 0 Å². The van der Waals surface area contributed by atoms with E-state index in [1.54, 1.807) is 0 Å². The predicted octanol–water partition coefficient (Wildman–Crippen LogP) is 4.21. The van der Waals surface area contributed by atoms with E-state index in [2.05, 4.69) is 25.2 Å². The van der Waals surface area contributed by atoms with Crippen LogP contribution in [0.3, 0.4) is 0 Å². The van der Waals surface area contributed by atoms with E-state index >= 15 is 0 Å². The average molecular weight is 281 g/mol. The highest BCUT2D eigenvalue weighted by Crippen LogP contribution is 2.11. The van der Waals surface area contributed by atoms with Crippen molar-refractivity contribution in [2.45, 2.75) is 33.2 Å². The first-order valence-electron chi connectivity index (χ1n) is 7.56. The van der Waals surface area contributed by atoms with Crippen molar-refractivity contribution in [3.63, 3.8) is 0 Å². The minimum atomic E-state index is -0.00903. The van der Waals surface area contributed by atoms with Crippen molar-refractivity contribution in [1.29, 1.82) is 0 Å². The fraction of sp³-hybridized carbons (Fsp3) is 0.316. The lowest BCUT2D eigenvalue weighted by atomic mass is 10.0. The third-order valence-electron chi connectivity index (χ3n) is 3.50. The van der Waals surface area contributed by atoms with Crippen molar-refractivity contribution in [1.82, 2.24) is 5.32 Å². The first-order chi connectivity index (χ1) is 10.1. The van der Waals surface area contributed by atoms with Crippen LogP contribution in [0.25, 0.3) is 0 Å². The van der Waals surface area contributed by atoms with Crippen LogP contribution in [0.4, 0.5) is 0 Å². The van der Waals surface area contributed by atoms with Gasteiger partial charge in [0.1, 0.15) is 0 Å². The third kappa shape index (κ3) is 5.07. The normalized spacial score (nSPS) is 10.6. The molecule has 2 heteroatoms. The van der Waals surface area contributed by atoms with Crippen LogP contribution in [0, 0.1) is 5.92 Å². The molecule has 1 amide bonds. The van der Waals surface area contributed by atoms with E-state index in [0.717, 1.165) is 24.0 Å². The van der Waals surface area contributed by atoms with Gasteiger partial charge in [-0.05, 0) is 42.0 Å². The average Bonchev–Trinajstić information content (AvgIpc) is 2.52. The summed E-state index contributed by atoms with van der Waals surface area (Å²) in [6.45, 7) is 5.00. The molecule has 0 spiro atoms. The molecular weight excluding hydrogens is 258 g/mol. The Hall–Kier alpha value is -2.09. The monoisotopic (exact) mass is 281 g/mol. The largest absolute Gasteiger partial charge is 0.348 e. The van der Waals surface area contributed by atoms with Crippen molar-refractivity contribution in [3.05, 3.63) is 71.3 Å². The topological polar surface area (TPSA) is 29.1 Å². The molecule has 110 valence electrons. The summed E-state index contributed by atoms with van der Waals surface area (Å²) in [7, 11) is 0. The molecule has 0 aliphatic heterocycles. The van der Waals surface area contributed by atoms with E-state index in [4.69, 9.17) is 0 Å². The van der Waals surface area contributed by atoms with Crippen LogP contribution < -0.4 is 5.32 Å². The van der Waals surface area contributed by atoms with Gasteiger partial charge in [0.15, 0.2) is 0 Å². The van der Waals surface area contributed by atoms with E-state index in [1.807, 2.05) is 48.5 Å². The summed E-state index contributed by atoms with van der Waals surface area (Å²) in [6.07, 6.45) is 2.17. The highest BCUT2D eigenvalue weighted by Gasteiger charge is 2.06. The summed E-state index contributed by atoms with van der Waals surface area (Å²) in [5.74, 6) is 0.672. The van der Waals surface area contributed by atoms with Crippen molar-refractivity contribution in [2.24, 2.45) is 5.92 Å². The van der Waals surface area contributed by atoms with Crippen LogP contribution in [0.1, 0.15) is 41.8 Å². The summed E-state index contributed by atoms with van der Waals surface area (Å²) < 4.78 is 0. The number of benzene rings is 2. The second-order valence-corrected chi connectivity index (χ2v) is 5.80. The molecule has 2 rings (SSSR count). The second-order valence-electron chi connectivity index (χ2n) is 5.80. The van der Waals surface area contributed by atoms with E-state index in [-0.39, 0.29) is 5.91 Å². The van der Waals surface area contributed by atoms with Gasteiger partial charge in [0.25, 0.3) is 5.91 Å². The molecule has 0 saturated carbocycles. The van der Waals surface area contributed by atoms with E-state index in [9.17, 15) is 4.79 Å². The lowest BCUT2D eigenvalue weighted by Gasteiger charge is -2.08. The van der Waals surface area contributed by atoms with Gasteiger partial charge in [-0.3, -0.25) is 4.79 Å². The molecule has 0 radical (unpaired) electrons. The number of aryl methyl sites for hydroxylation is 1. The van der Waals surface area contributed by atoms with Crippen LogP contribution in [0.5, 0.6) is 0 Å². The first kappa shape index (κ1) is 15.3. The minimum Gasteiger partial charge on any atom is -0.348 e. The molecule has 0 aliphatic rings. The highest BCUT2D eigenvalue weighted by atomic mass is 16.1. The van der Waals surface area contributed by atoms with Gasteiger partial charge < -0.3 is 5.32 Å². The zero-order chi connectivity index (χ0) is 15.1. The lowest BCUT2D eigenvalue weighted by Crippen LogP contribution is -2.22. The van der Waals surface area contributed by atoms with Crippen molar-refractivity contribution < 1.29 is 4.79 Å². The van der Waals surface area contributed by atoms with Gasteiger partial charge in [0.2, 0.25) is 0 Å². The number of carbonyl (C=O) groups excluding carboxylic acids is 1. The Morgan fingerprint density at radius 1 is 1.00 bits per heavy atom. The van der Waals surface area contributed by atoms with Crippen molar-refractivity contribution in [2.75, 3.05) is 0 Å². The van der Waals surface area contributed by atoms with Crippen LogP contribution in [0.2, 0.25) is 0 Å². The second kappa shape index (κ2) is 7.63. The first-order valence-corrected chi connectivity index (χ1v) is 7.56. The van der Waals surface area contributed by atoms with Gasteiger partial charge in [-0.1, -0.05) is 56.3 Å². The molecule has 21 heavy (non-hydrogen) atoms. The van der Waals surface area contributed by atoms with E-state index < -0.39 is 0 Å². The molecule has 2 nitrogen and oxygen atoms in total. The fourth-order valence-corrected chi connectivity index (χ4v) is 2.20. The SMILES string of the molecule is CC(C)CCc1cccc(C(=O)NCc2ccccc2)c1. The van der Waals surface area contributed by atoms with Crippen molar-refractivity contribution >= 4 is 5.91 Å². The van der Waals surface area contributed by atoms with Crippen LogP contribution >= 0.6 is 0 Å². The maximum atomic E-state index is 12.2. The lowest BCUT2D eigenvalue weighted by molar-refractivity contribution is 0.0951. The predicted molar refractivity (Wildman–Crippen MR) is 87.2 cm³/mol.